The summed E-state index contributed by atoms with van der Waals surface area (Å²) in [4.78, 5) is 0. The molecule has 0 saturated heterocycles. The molecular weight excluding hydrogens is 230 g/mol. The Kier molecular flexibility index (Phi) is 8.35. The Hall–Kier alpha value is -1.76. The molecule has 2 aromatic rings. The fraction of sp³-hybridized carbons (Fsp3) is 0.333. The Labute approximate surface area is 118 Å². The molecule has 1 aromatic carbocycles. The third-order valence-electron chi connectivity index (χ3n) is 2.72. The van der Waals surface area contributed by atoms with E-state index in [1.807, 2.05) is 40.7 Å². The van der Waals surface area contributed by atoms with Gasteiger partial charge in [0.2, 0.25) is 0 Å². The van der Waals surface area contributed by atoms with Crippen LogP contribution >= 0.6 is 0 Å². The molecule has 1 nitrogen and oxygen atoms in total. The largest absolute Gasteiger partial charge is 0.344 e. The van der Waals surface area contributed by atoms with Crippen molar-refractivity contribution >= 4 is 23.1 Å². The molecule has 0 radical (unpaired) electrons. The number of hydrogen-bond donors (Lipinski definition) is 0. The van der Waals surface area contributed by atoms with Gasteiger partial charge in [-0.15, -0.1) is 0 Å². The molecule has 0 N–H and O–H groups in total. The molecule has 0 atom stereocenters. The lowest BCUT2D eigenvalue weighted by Gasteiger charge is -1.98. The van der Waals surface area contributed by atoms with Crippen LogP contribution in [0.1, 0.15) is 45.9 Å². The van der Waals surface area contributed by atoms with Crippen molar-refractivity contribution < 1.29 is 0 Å². The van der Waals surface area contributed by atoms with E-state index < -0.39 is 0 Å². The van der Waals surface area contributed by atoms with Crippen LogP contribution in [0.25, 0.3) is 23.1 Å². The minimum atomic E-state index is 1.21. The Balaban J connectivity index is 0.000000741. The monoisotopic (exact) mass is 257 g/mol. The van der Waals surface area contributed by atoms with Crippen LogP contribution in [0.4, 0.5) is 0 Å². The highest BCUT2D eigenvalue weighted by molar-refractivity contribution is 5.93. The van der Waals surface area contributed by atoms with Gasteiger partial charge < -0.3 is 4.57 Å². The number of allylic oxidation sites excluding steroid dienone is 1. The summed E-state index contributed by atoms with van der Waals surface area (Å²) in [6.45, 7) is 13.9. The van der Waals surface area contributed by atoms with Gasteiger partial charge in [-0.3, -0.25) is 0 Å². The first-order valence-corrected chi connectivity index (χ1v) is 7.12. The first-order chi connectivity index (χ1) is 9.29. The second-order valence-corrected chi connectivity index (χ2v) is 3.58. The summed E-state index contributed by atoms with van der Waals surface area (Å²) in [5, 5.41) is 1.27. The summed E-state index contributed by atoms with van der Waals surface area (Å²) >= 11 is 0. The zero-order chi connectivity index (χ0) is 14.8. The number of para-hydroxylation sites is 1. The van der Waals surface area contributed by atoms with Crippen molar-refractivity contribution in [3.63, 3.8) is 0 Å². The van der Waals surface area contributed by atoms with E-state index in [9.17, 15) is 0 Å². The molecule has 0 aliphatic rings. The van der Waals surface area contributed by atoms with Gasteiger partial charge >= 0.3 is 0 Å². The van der Waals surface area contributed by atoms with E-state index >= 15 is 0 Å². The highest BCUT2D eigenvalue weighted by Crippen LogP contribution is 2.26. The van der Waals surface area contributed by atoms with Crippen molar-refractivity contribution in [3.05, 3.63) is 48.2 Å². The molecule has 0 fully saturated rings. The molecule has 0 bridgehead atoms. The Morgan fingerprint density at radius 3 is 2.16 bits per heavy atom. The van der Waals surface area contributed by atoms with E-state index in [1.54, 1.807) is 0 Å². The molecule has 0 unspecified atom stereocenters. The predicted octanol–water partition coefficient (Wildman–Crippen LogP) is 5.91. The van der Waals surface area contributed by atoms with Gasteiger partial charge in [-0.2, -0.15) is 0 Å². The first kappa shape index (κ1) is 17.2. The van der Waals surface area contributed by atoms with Crippen molar-refractivity contribution in [1.29, 1.82) is 0 Å². The van der Waals surface area contributed by atoms with Crippen LogP contribution in [-0.4, -0.2) is 4.57 Å². The molecule has 19 heavy (non-hydrogen) atoms. The van der Waals surface area contributed by atoms with Gasteiger partial charge in [0.05, 0.1) is 0 Å². The standard InChI is InChI=1S/C14H15N.2C2H6/c1-4-8-13-11(5-2)12-9-6-7-10-14(12)15(13)3;2*1-2/h4-10H,2H2,1,3H3;2*1-2H3/b8-4-;;. The van der Waals surface area contributed by atoms with E-state index in [1.165, 1.54) is 22.2 Å². The predicted molar refractivity (Wildman–Crippen MR) is 90.4 cm³/mol. The van der Waals surface area contributed by atoms with E-state index in [0.29, 0.717) is 0 Å². The molecule has 0 aliphatic heterocycles. The van der Waals surface area contributed by atoms with Crippen molar-refractivity contribution in [2.75, 3.05) is 0 Å². The van der Waals surface area contributed by atoms with Gasteiger partial charge in [0.1, 0.15) is 0 Å². The summed E-state index contributed by atoms with van der Waals surface area (Å²) < 4.78 is 2.20. The highest BCUT2D eigenvalue weighted by atomic mass is 14.9. The molecule has 104 valence electrons. The van der Waals surface area contributed by atoms with Crippen LogP contribution < -0.4 is 0 Å². The SMILES string of the molecule is C=Cc1c(/C=C\C)n(C)c2ccccc12.CC.CC. The van der Waals surface area contributed by atoms with Crippen molar-refractivity contribution in [1.82, 2.24) is 4.57 Å². The zero-order valence-corrected chi connectivity index (χ0v) is 13.2. The summed E-state index contributed by atoms with van der Waals surface area (Å²) in [6, 6.07) is 8.40. The number of aryl methyl sites for hydroxylation is 1. The molecule has 0 spiro atoms. The maximum Gasteiger partial charge on any atom is 0.0488 e. The van der Waals surface area contributed by atoms with Gasteiger partial charge in [0.25, 0.3) is 0 Å². The number of nitrogens with zero attached hydrogens (tertiary/aromatic N) is 1. The van der Waals surface area contributed by atoms with E-state index in [4.69, 9.17) is 0 Å². The van der Waals surface area contributed by atoms with Crippen LogP contribution in [-0.2, 0) is 7.05 Å². The molecule has 0 amide bonds. The summed E-state index contributed by atoms with van der Waals surface area (Å²) in [7, 11) is 2.09. The average Bonchev–Trinajstić information content (AvgIpc) is 2.77. The Bertz CT molecular complexity index is 530. The molecule has 0 aliphatic carbocycles. The van der Waals surface area contributed by atoms with E-state index in [0.717, 1.165) is 0 Å². The maximum atomic E-state index is 3.89. The normalized spacial score (nSPS) is 9.58. The lowest BCUT2D eigenvalue weighted by molar-refractivity contribution is 0.953. The molecule has 1 aromatic heterocycles. The minimum Gasteiger partial charge on any atom is -0.344 e. The third kappa shape index (κ3) is 3.60. The summed E-state index contributed by atoms with van der Waals surface area (Å²) in [6.07, 6.45) is 6.11. The number of aromatic nitrogens is 1. The number of fused-ring (bicyclic) bond motifs is 1. The van der Waals surface area contributed by atoms with Crippen LogP contribution in [0.15, 0.2) is 36.9 Å². The van der Waals surface area contributed by atoms with E-state index in [-0.39, 0.29) is 0 Å². The Morgan fingerprint density at radius 1 is 1.05 bits per heavy atom. The smallest absolute Gasteiger partial charge is 0.0488 e. The molecule has 1 heteroatoms. The second kappa shape index (κ2) is 9.21. The van der Waals surface area contributed by atoms with Crippen LogP contribution in [0.5, 0.6) is 0 Å². The second-order valence-electron chi connectivity index (χ2n) is 3.58. The number of rotatable bonds is 2. The lowest BCUT2D eigenvalue weighted by Crippen LogP contribution is -1.90. The average molecular weight is 257 g/mol. The van der Waals surface area contributed by atoms with Crippen molar-refractivity contribution in [2.45, 2.75) is 34.6 Å². The highest BCUT2D eigenvalue weighted by Gasteiger charge is 2.08. The van der Waals surface area contributed by atoms with Gasteiger partial charge in [-0.1, -0.05) is 64.6 Å². The molecular formula is C18H27N. The maximum absolute atomic E-state index is 3.89. The van der Waals surface area contributed by atoms with Gasteiger partial charge in [0.15, 0.2) is 0 Å². The third-order valence-corrected chi connectivity index (χ3v) is 2.72. The quantitative estimate of drug-likeness (QED) is 0.630. The fourth-order valence-corrected chi connectivity index (χ4v) is 2.02. The molecule has 1 heterocycles. The first-order valence-electron chi connectivity index (χ1n) is 7.12. The van der Waals surface area contributed by atoms with Crippen LogP contribution in [0.2, 0.25) is 0 Å². The van der Waals surface area contributed by atoms with E-state index in [2.05, 4.69) is 54.6 Å². The summed E-state index contributed by atoms with van der Waals surface area (Å²) in [5.74, 6) is 0. The topological polar surface area (TPSA) is 4.93 Å². The lowest BCUT2D eigenvalue weighted by atomic mass is 10.1. The van der Waals surface area contributed by atoms with Gasteiger partial charge in [-0.05, 0) is 19.1 Å². The molecule has 2 rings (SSSR count). The Morgan fingerprint density at radius 2 is 1.63 bits per heavy atom. The van der Waals surface area contributed by atoms with Crippen molar-refractivity contribution in [2.24, 2.45) is 7.05 Å². The molecule has 0 saturated carbocycles. The number of benzene rings is 1. The van der Waals surface area contributed by atoms with Gasteiger partial charge in [0, 0.05) is 29.2 Å². The van der Waals surface area contributed by atoms with Crippen LogP contribution in [0, 0.1) is 0 Å². The fourth-order valence-electron chi connectivity index (χ4n) is 2.02. The zero-order valence-electron chi connectivity index (χ0n) is 13.2. The minimum absolute atomic E-state index is 1.21. The van der Waals surface area contributed by atoms with Gasteiger partial charge in [-0.25, -0.2) is 0 Å². The number of hydrogen-bond acceptors (Lipinski definition) is 0. The summed E-state index contributed by atoms with van der Waals surface area (Å²) in [5.41, 5.74) is 3.68. The van der Waals surface area contributed by atoms with Crippen molar-refractivity contribution in [3.8, 4) is 0 Å². The van der Waals surface area contributed by atoms with Crippen LogP contribution in [0.3, 0.4) is 0 Å².